The number of benzene rings is 2. The second kappa shape index (κ2) is 9.64. The van der Waals surface area contributed by atoms with Crippen LogP contribution in [-0.2, 0) is 4.74 Å². The van der Waals surface area contributed by atoms with Crippen molar-refractivity contribution in [2.24, 2.45) is 0 Å². The molecule has 2 aromatic carbocycles. The molecule has 7 heteroatoms. The second-order valence-corrected chi connectivity index (χ2v) is 9.06. The Labute approximate surface area is 184 Å². The standard InChI is InChI=1S/C23H24N2O3S2/c1-15-9-10-20(27-2)18(12-15)19-14-30-23(24-19)25-22(26)17-7-3-4-8-21(17)29-13-16-6-5-11-28-16/h3-4,7-10,12,14,16H,5-6,11,13H2,1-2H3,(H,24,25,26)/t16-/m1/s1. The van der Waals surface area contributed by atoms with Crippen LogP contribution in [0, 0.1) is 6.92 Å². The van der Waals surface area contributed by atoms with Crippen LogP contribution in [0.3, 0.4) is 0 Å². The van der Waals surface area contributed by atoms with Crippen molar-refractivity contribution < 1.29 is 14.3 Å². The minimum absolute atomic E-state index is 0.150. The number of ether oxygens (including phenoxy) is 2. The lowest BCUT2D eigenvalue weighted by molar-refractivity contribution is 0.102. The van der Waals surface area contributed by atoms with Gasteiger partial charge in [-0.05, 0) is 44.0 Å². The average Bonchev–Trinajstić information content (AvgIpc) is 3.44. The summed E-state index contributed by atoms with van der Waals surface area (Å²) in [5, 5.41) is 5.45. The van der Waals surface area contributed by atoms with Crippen LogP contribution in [0.5, 0.6) is 5.75 Å². The molecule has 0 spiro atoms. The van der Waals surface area contributed by atoms with Gasteiger partial charge in [-0.1, -0.05) is 23.8 Å². The molecule has 3 aromatic rings. The number of nitrogens with one attached hydrogen (secondary N) is 1. The van der Waals surface area contributed by atoms with Gasteiger partial charge in [-0.25, -0.2) is 4.98 Å². The van der Waals surface area contributed by atoms with E-state index in [2.05, 4.69) is 10.3 Å². The third-order valence-corrected chi connectivity index (χ3v) is 6.90. The lowest BCUT2D eigenvalue weighted by atomic mass is 10.1. The summed E-state index contributed by atoms with van der Waals surface area (Å²) in [6.07, 6.45) is 2.48. The summed E-state index contributed by atoms with van der Waals surface area (Å²) in [7, 11) is 1.65. The van der Waals surface area contributed by atoms with E-state index in [1.165, 1.54) is 11.3 Å². The Balaban J connectivity index is 1.48. The molecule has 156 valence electrons. The second-order valence-electron chi connectivity index (χ2n) is 7.14. The molecule has 0 bridgehead atoms. The maximum atomic E-state index is 12.9. The van der Waals surface area contributed by atoms with Gasteiger partial charge in [-0.2, -0.15) is 0 Å². The maximum Gasteiger partial charge on any atom is 0.258 e. The Morgan fingerprint density at radius 1 is 1.33 bits per heavy atom. The van der Waals surface area contributed by atoms with Crippen molar-refractivity contribution in [3.8, 4) is 17.0 Å². The summed E-state index contributed by atoms with van der Waals surface area (Å²) in [4.78, 5) is 18.5. The highest BCUT2D eigenvalue weighted by molar-refractivity contribution is 7.99. The number of aromatic nitrogens is 1. The molecular formula is C23H24N2O3S2. The van der Waals surface area contributed by atoms with E-state index < -0.39 is 0 Å². The van der Waals surface area contributed by atoms with Crippen molar-refractivity contribution in [3.63, 3.8) is 0 Å². The quantitative estimate of drug-likeness (QED) is 0.481. The fraction of sp³-hybridized carbons (Fsp3) is 0.304. The number of nitrogens with zero attached hydrogens (tertiary/aromatic N) is 1. The minimum atomic E-state index is -0.150. The molecule has 0 aliphatic carbocycles. The molecule has 0 unspecified atom stereocenters. The first-order valence-corrected chi connectivity index (χ1v) is 11.8. The highest BCUT2D eigenvalue weighted by Crippen LogP contribution is 2.33. The van der Waals surface area contributed by atoms with Crippen LogP contribution in [0.1, 0.15) is 28.8 Å². The first-order valence-electron chi connectivity index (χ1n) is 9.89. The number of thioether (sulfide) groups is 1. The molecule has 1 N–H and O–H groups in total. The molecule has 1 amide bonds. The summed E-state index contributed by atoms with van der Waals surface area (Å²) in [6.45, 7) is 2.87. The number of carbonyl (C=O) groups is 1. The van der Waals surface area contributed by atoms with Gasteiger partial charge in [0.2, 0.25) is 0 Å². The average molecular weight is 441 g/mol. The molecule has 0 saturated carbocycles. The molecule has 0 radical (unpaired) electrons. The van der Waals surface area contributed by atoms with Crippen LogP contribution < -0.4 is 10.1 Å². The van der Waals surface area contributed by atoms with Gasteiger partial charge in [0.25, 0.3) is 5.91 Å². The van der Waals surface area contributed by atoms with Gasteiger partial charge in [-0.15, -0.1) is 23.1 Å². The summed E-state index contributed by atoms with van der Waals surface area (Å²) < 4.78 is 11.2. The third-order valence-electron chi connectivity index (χ3n) is 4.94. The van der Waals surface area contributed by atoms with Crippen molar-refractivity contribution in [3.05, 3.63) is 59.0 Å². The van der Waals surface area contributed by atoms with E-state index in [9.17, 15) is 4.79 Å². The largest absolute Gasteiger partial charge is 0.496 e. The summed E-state index contributed by atoms with van der Waals surface area (Å²) >= 11 is 3.08. The van der Waals surface area contributed by atoms with Crippen molar-refractivity contribution >= 4 is 34.1 Å². The topological polar surface area (TPSA) is 60.5 Å². The van der Waals surface area contributed by atoms with Crippen LogP contribution in [0.25, 0.3) is 11.3 Å². The Bertz CT molecular complexity index is 1030. The normalized spacial score (nSPS) is 15.9. The van der Waals surface area contributed by atoms with E-state index in [0.29, 0.717) is 10.7 Å². The van der Waals surface area contributed by atoms with Crippen LogP contribution in [-0.4, -0.2) is 36.5 Å². The van der Waals surface area contributed by atoms with Crippen molar-refractivity contribution in [1.29, 1.82) is 0 Å². The zero-order valence-electron chi connectivity index (χ0n) is 17.0. The highest BCUT2D eigenvalue weighted by Gasteiger charge is 2.19. The molecule has 4 rings (SSSR count). The summed E-state index contributed by atoms with van der Waals surface area (Å²) in [5.41, 5.74) is 3.49. The molecule has 1 aliphatic rings. The van der Waals surface area contributed by atoms with Crippen molar-refractivity contribution in [1.82, 2.24) is 4.98 Å². The monoisotopic (exact) mass is 440 g/mol. The smallest absolute Gasteiger partial charge is 0.258 e. The first-order chi connectivity index (χ1) is 14.6. The van der Waals surface area contributed by atoms with E-state index in [1.807, 2.05) is 54.8 Å². The number of methoxy groups -OCH3 is 1. The molecule has 2 heterocycles. The number of aryl methyl sites for hydroxylation is 1. The Morgan fingerprint density at radius 3 is 3.00 bits per heavy atom. The van der Waals surface area contributed by atoms with Crippen LogP contribution >= 0.6 is 23.1 Å². The van der Waals surface area contributed by atoms with Crippen LogP contribution in [0.4, 0.5) is 5.13 Å². The molecule has 1 aliphatic heterocycles. The number of rotatable bonds is 7. The predicted molar refractivity (Wildman–Crippen MR) is 123 cm³/mol. The van der Waals surface area contributed by atoms with E-state index in [0.717, 1.165) is 52.7 Å². The SMILES string of the molecule is COc1ccc(C)cc1-c1csc(NC(=O)c2ccccc2SC[C@H]2CCCO2)n1. The van der Waals surface area contributed by atoms with E-state index >= 15 is 0 Å². The number of anilines is 1. The lowest BCUT2D eigenvalue weighted by Gasteiger charge is -2.11. The van der Waals surface area contributed by atoms with Gasteiger partial charge in [0, 0.05) is 28.2 Å². The fourth-order valence-corrected chi connectivity index (χ4v) is 5.20. The number of amides is 1. The highest BCUT2D eigenvalue weighted by atomic mass is 32.2. The van der Waals surface area contributed by atoms with E-state index in [-0.39, 0.29) is 12.0 Å². The Kier molecular flexibility index (Phi) is 6.72. The van der Waals surface area contributed by atoms with Gasteiger partial charge < -0.3 is 9.47 Å². The molecule has 30 heavy (non-hydrogen) atoms. The maximum absolute atomic E-state index is 12.9. The van der Waals surface area contributed by atoms with Gasteiger partial charge in [0.15, 0.2) is 5.13 Å². The van der Waals surface area contributed by atoms with Crippen molar-refractivity contribution in [2.45, 2.75) is 30.8 Å². The van der Waals surface area contributed by atoms with Crippen molar-refractivity contribution in [2.75, 3.05) is 24.8 Å². The minimum Gasteiger partial charge on any atom is -0.496 e. The van der Waals surface area contributed by atoms with Gasteiger partial charge >= 0.3 is 0 Å². The fourth-order valence-electron chi connectivity index (χ4n) is 3.38. The number of thiazole rings is 1. The number of carbonyl (C=O) groups excluding carboxylic acids is 1. The summed E-state index contributed by atoms with van der Waals surface area (Å²) in [5.74, 6) is 1.47. The number of hydrogen-bond acceptors (Lipinski definition) is 6. The van der Waals surface area contributed by atoms with Gasteiger partial charge in [0.1, 0.15) is 5.75 Å². The molecular weight excluding hydrogens is 416 g/mol. The predicted octanol–water partition coefficient (Wildman–Crippen LogP) is 5.65. The Hall–Kier alpha value is -2.35. The third kappa shape index (κ3) is 4.86. The van der Waals surface area contributed by atoms with Crippen LogP contribution in [0.15, 0.2) is 52.7 Å². The van der Waals surface area contributed by atoms with Gasteiger partial charge in [0.05, 0.1) is 24.5 Å². The number of hydrogen-bond donors (Lipinski definition) is 1. The first kappa shape index (κ1) is 20.9. The lowest BCUT2D eigenvalue weighted by Crippen LogP contribution is -2.14. The molecule has 5 nitrogen and oxygen atoms in total. The van der Waals surface area contributed by atoms with Crippen LogP contribution in [0.2, 0.25) is 0 Å². The zero-order valence-corrected chi connectivity index (χ0v) is 18.6. The van der Waals surface area contributed by atoms with E-state index in [1.54, 1.807) is 18.9 Å². The molecule has 1 atom stereocenters. The van der Waals surface area contributed by atoms with E-state index in [4.69, 9.17) is 9.47 Å². The summed E-state index contributed by atoms with van der Waals surface area (Å²) in [6, 6.07) is 13.7. The molecule has 1 saturated heterocycles. The Morgan fingerprint density at radius 2 is 2.20 bits per heavy atom. The zero-order chi connectivity index (χ0) is 20.9. The molecule has 1 fully saturated rings. The van der Waals surface area contributed by atoms with Gasteiger partial charge in [-0.3, -0.25) is 10.1 Å². The molecule has 1 aromatic heterocycles.